The SMILES string of the molecule is Cc1ccc(F)cc1C(Cl)Cc1ccncc1. The fourth-order valence-electron chi connectivity index (χ4n) is 1.78. The van der Waals surface area contributed by atoms with Gasteiger partial charge in [-0.3, -0.25) is 4.98 Å². The van der Waals surface area contributed by atoms with Crippen molar-refractivity contribution in [3.8, 4) is 0 Å². The summed E-state index contributed by atoms with van der Waals surface area (Å²) in [6.07, 6.45) is 4.14. The quantitative estimate of drug-likeness (QED) is 0.748. The Balaban J connectivity index is 2.20. The number of nitrogens with zero attached hydrogens (tertiary/aromatic N) is 1. The molecule has 0 bridgehead atoms. The molecule has 1 atom stereocenters. The van der Waals surface area contributed by atoms with Crippen LogP contribution in [0.2, 0.25) is 0 Å². The molecule has 0 amide bonds. The minimum Gasteiger partial charge on any atom is -0.265 e. The molecule has 0 aliphatic rings. The van der Waals surface area contributed by atoms with Crippen LogP contribution >= 0.6 is 11.6 Å². The first kappa shape index (κ1) is 12.1. The van der Waals surface area contributed by atoms with E-state index in [2.05, 4.69) is 4.98 Å². The van der Waals surface area contributed by atoms with Gasteiger partial charge in [0, 0.05) is 12.4 Å². The van der Waals surface area contributed by atoms with Crippen LogP contribution in [0.15, 0.2) is 42.7 Å². The molecule has 1 nitrogen and oxygen atoms in total. The Labute approximate surface area is 105 Å². The van der Waals surface area contributed by atoms with Crippen molar-refractivity contribution in [1.29, 1.82) is 0 Å². The summed E-state index contributed by atoms with van der Waals surface area (Å²) < 4.78 is 13.2. The number of halogens is 2. The van der Waals surface area contributed by atoms with Gasteiger partial charge in [-0.2, -0.15) is 0 Å². The zero-order valence-corrected chi connectivity index (χ0v) is 10.3. The van der Waals surface area contributed by atoms with E-state index in [1.165, 1.54) is 12.1 Å². The molecule has 0 spiro atoms. The van der Waals surface area contributed by atoms with Crippen LogP contribution in [0.25, 0.3) is 0 Å². The number of hydrogen-bond donors (Lipinski definition) is 0. The lowest BCUT2D eigenvalue weighted by Crippen LogP contribution is -1.99. The highest BCUT2D eigenvalue weighted by Crippen LogP contribution is 2.28. The molecule has 0 aliphatic carbocycles. The molecule has 1 unspecified atom stereocenters. The van der Waals surface area contributed by atoms with Crippen LogP contribution < -0.4 is 0 Å². The van der Waals surface area contributed by atoms with Crippen LogP contribution in [0, 0.1) is 12.7 Å². The molecule has 17 heavy (non-hydrogen) atoms. The van der Waals surface area contributed by atoms with E-state index in [1.807, 2.05) is 19.1 Å². The maximum absolute atomic E-state index is 13.2. The first-order chi connectivity index (χ1) is 8.16. The van der Waals surface area contributed by atoms with Gasteiger partial charge in [-0.15, -0.1) is 11.6 Å². The lowest BCUT2D eigenvalue weighted by atomic mass is 10.0. The maximum atomic E-state index is 13.2. The van der Waals surface area contributed by atoms with E-state index in [-0.39, 0.29) is 11.2 Å². The van der Waals surface area contributed by atoms with E-state index < -0.39 is 0 Å². The van der Waals surface area contributed by atoms with Crippen molar-refractivity contribution in [2.24, 2.45) is 0 Å². The Morgan fingerprint density at radius 2 is 1.94 bits per heavy atom. The summed E-state index contributed by atoms with van der Waals surface area (Å²) in [4.78, 5) is 3.95. The normalized spacial score (nSPS) is 12.4. The summed E-state index contributed by atoms with van der Waals surface area (Å²) in [5.41, 5.74) is 2.97. The van der Waals surface area contributed by atoms with Crippen LogP contribution in [-0.4, -0.2) is 4.98 Å². The Kier molecular flexibility index (Phi) is 3.75. The summed E-state index contributed by atoms with van der Waals surface area (Å²) in [5, 5.41) is -0.215. The zero-order valence-electron chi connectivity index (χ0n) is 9.53. The van der Waals surface area contributed by atoms with E-state index in [0.29, 0.717) is 6.42 Å². The number of alkyl halides is 1. The van der Waals surface area contributed by atoms with Crippen LogP contribution in [0.3, 0.4) is 0 Å². The third-order valence-electron chi connectivity index (χ3n) is 2.74. The molecular formula is C14H13ClFN. The minimum atomic E-state index is -0.244. The van der Waals surface area contributed by atoms with E-state index >= 15 is 0 Å². The van der Waals surface area contributed by atoms with Gasteiger partial charge in [0.25, 0.3) is 0 Å². The van der Waals surface area contributed by atoms with Gasteiger partial charge >= 0.3 is 0 Å². The molecule has 0 N–H and O–H groups in total. The molecule has 2 rings (SSSR count). The smallest absolute Gasteiger partial charge is 0.123 e. The van der Waals surface area contributed by atoms with Crippen LogP contribution in [0.4, 0.5) is 4.39 Å². The number of hydrogen-bond acceptors (Lipinski definition) is 1. The minimum absolute atomic E-state index is 0.215. The topological polar surface area (TPSA) is 12.9 Å². The lowest BCUT2D eigenvalue weighted by Gasteiger charge is -2.12. The second-order valence-corrected chi connectivity index (χ2v) is 4.55. The molecule has 3 heteroatoms. The van der Waals surface area contributed by atoms with E-state index in [9.17, 15) is 4.39 Å². The van der Waals surface area contributed by atoms with Crippen LogP contribution in [0.5, 0.6) is 0 Å². The highest BCUT2D eigenvalue weighted by atomic mass is 35.5. The Morgan fingerprint density at radius 3 is 2.65 bits per heavy atom. The summed E-state index contributed by atoms with van der Waals surface area (Å²) in [6.45, 7) is 1.94. The predicted molar refractivity (Wildman–Crippen MR) is 67.7 cm³/mol. The monoisotopic (exact) mass is 249 g/mol. The number of rotatable bonds is 3. The van der Waals surface area contributed by atoms with Gasteiger partial charge in [-0.05, 0) is 54.3 Å². The van der Waals surface area contributed by atoms with Crippen molar-refractivity contribution in [2.45, 2.75) is 18.7 Å². The summed E-state index contributed by atoms with van der Waals surface area (Å²) in [5.74, 6) is -0.244. The molecular weight excluding hydrogens is 237 g/mol. The van der Waals surface area contributed by atoms with Gasteiger partial charge in [0.1, 0.15) is 5.82 Å². The number of aromatic nitrogens is 1. The summed E-state index contributed by atoms with van der Waals surface area (Å²) >= 11 is 6.33. The van der Waals surface area contributed by atoms with E-state index in [0.717, 1.165) is 16.7 Å². The second kappa shape index (κ2) is 5.28. The Hall–Kier alpha value is -1.41. The summed E-state index contributed by atoms with van der Waals surface area (Å²) in [7, 11) is 0. The number of pyridine rings is 1. The molecule has 1 heterocycles. The third-order valence-corrected chi connectivity index (χ3v) is 3.13. The van der Waals surface area contributed by atoms with Gasteiger partial charge in [-0.25, -0.2) is 4.39 Å². The van der Waals surface area contributed by atoms with Crippen molar-refractivity contribution in [3.63, 3.8) is 0 Å². The first-order valence-corrected chi connectivity index (χ1v) is 5.89. The Morgan fingerprint density at radius 1 is 1.24 bits per heavy atom. The van der Waals surface area contributed by atoms with Crippen molar-refractivity contribution in [3.05, 3.63) is 65.2 Å². The predicted octanol–water partition coefficient (Wildman–Crippen LogP) is 4.05. The second-order valence-electron chi connectivity index (χ2n) is 4.03. The van der Waals surface area contributed by atoms with Crippen LogP contribution in [-0.2, 0) is 6.42 Å². The van der Waals surface area contributed by atoms with E-state index in [1.54, 1.807) is 18.5 Å². The van der Waals surface area contributed by atoms with Gasteiger partial charge in [0.05, 0.1) is 5.38 Å². The Bertz CT molecular complexity index is 499. The van der Waals surface area contributed by atoms with Gasteiger partial charge in [-0.1, -0.05) is 6.07 Å². The molecule has 0 fully saturated rings. The highest BCUT2D eigenvalue weighted by molar-refractivity contribution is 6.21. The standard InChI is InChI=1S/C14H13ClFN/c1-10-2-3-12(16)9-13(10)14(15)8-11-4-6-17-7-5-11/h2-7,9,14H,8H2,1H3. The van der Waals surface area contributed by atoms with Gasteiger partial charge in [0.2, 0.25) is 0 Å². The number of aryl methyl sites for hydroxylation is 1. The fourth-order valence-corrected chi connectivity index (χ4v) is 2.20. The fraction of sp³-hybridized carbons (Fsp3) is 0.214. The van der Waals surface area contributed by atoms with Crippen LogP contribution in [0.1, 0.15) is 22.1 Å². The largest absolute Gasteiger partial charge is 0.265 e. The molecule has 0 radical (unpaired) electrons. The van der Waals surface area contributed by atoms with Gasteiger partial charge < -0.3 is 0 Å². The lowest BCUT2D eigenvalue weighted by molar-refractivity contribution is 0.624. The molecule has 88 valence electrons. The highest BCUT2D eigenvalue weighted by Gasteiger charge is 2.12. The van der Waals surface area contributed by atoms with Crippen molar-refractivity contribution in [2.75, 3.05) is 0 Å². The molecule has 0 saturated heterocycles. The average molecular weight is 250 g/mol. The van der Waals surface area contributed by atoms with Crippen molar-refractivity contribution >= 4 is 11.6 Å². The maximum Gasteiger partial charge on any atom is 0.123 e. The van der Waals surface area contributed by atoms with Crippen molar-refractivity contribution < 1.29 is 4.39 Å². The number of benzene rings is 1. The molecule has 1 aromatic heterocycles. The molecule has 1 aromatic carbocycles. The molecule has 0 saturated carbocycles. The molecule has 2 aromatic rings. The average Bonchev–Trinajstić information content (AvgIpc) is 2.33. The van der Waals surface area contributed by atoms with Crippen molar-refractivity contribution in [1.82, 2.24) is 4.98 Å². The zero-order chi connectivity index (χ0) is 12.3. The third kappa shape index (κ3) is 3.04. The van der Waals surface area contributed by atoms with Gasteiger partial charge in [0.15, 0.2) is 0 Å². The molecule has 0 aliphatic heterocycles. The summed E-state index contributed by atoms with van der Waals surface area (Å²) in [6, 6.07) is 8.56. The first-order valence-electron chi connectivity index (χ1n) is 5.46. The van der Waals surface area contributed by atoms with E-state index in [4.69, 9.17) is 11.6 Å².